The highest BCUT2D eigenvalue weighted by Crippen LogP contribution is 2.36. The summed E-state index contributed by atoms with van der Waals surface area (Å²) in [4.78, 5) is 6.70. The Hall–Kier alpha value is -2.92. The first-order chi connectivity index (χ1) is 17.4. The Kier molecular flexibility index (Phi) is 10.3. The number of nitrogen functional groups attached to an aromatic ring is 1. The van der Waals surface area contributed by atoms with Gasteiger partial charge in [0.25, 0.3) is 0 Å². The number of hydrogen-bond donors (Lipinski definition) is 5. The Labute approximate surface area is 223 Å². The van der Waals surface area contributed by atoms with E-state index in [1.165, 1.54) is 26.9 Å². The van der Waals surface area contributed by atoms with Crippen LogP contribution in [0.5, 0.6) is 0 Å². The molecule has 0 aliphatic carbocycles. The molecule has 0 fully saturated rings. The Morgan fingerprint density at radius 2 is 1.94 bits per heavy atom. The van der Waals surface area contributed by atoms with Crippen LogP contribution in [0.2, 0.25) is 5.02 Å². The lowest BCUT2D eigenvalue weighted by atomic mass is 10.0. The number of H-pyrrole nitrogens is 1. The molecule has 5 rings (SSSR count). The van der Waals surface area contributed by atoms with Crippen LogP contribution in [0, 0.1) is 0 Å². The number of pyridine rings is 1. The van der Waals surface area contributed by atoms with Gasteiger partial charge in [-0.3, -0.25) is 15.2 Å². The Morgan fingerprint density at radius 3 is 2.61 bits per heavy atom. The molecule has 0 saturated carbocycles. The number of thiophene rings is 1. The summed E-state index contributed by atoms with van der Waals surface area (Å²) in [5, 5.41) is 30.2. The van der Waals surface area contributed by atoms with E-state index in [0.717, 1.165) is 51.5 Å². The summed E-state index contributed by atoms with van der Waals surface area (Å²) >= 11 is 9.26. The molecule has 36 heavy (non-hydrogen) atoms. The molecule has 0 amide bonds. The van der Waals surface area contributed by atoms with Gasteiger partial charge in [0.05, 0.1) is 22.9 Å². The second-order valence-electron chi connectivity index (χ2n) is 7.67. The average molecular weight is 542 g/mol. The van der Waals surface area contributed by atoms with E-state index in [9.17, 15) is 5.11 Å². The predicted molar refractivity (Wildman–Crippen MR) is 151 cm³/mol. The third kappa shape index (κ3) is 7.07. The van der Waals surface area contributed by atoms with Crippen LogP contribution < -0.4 is 10.9 Å². The lowest BCUT2D eigenvalue weighted by molar-refractivity contribution is 0.199. The number of fused-ring (bicyclic) bond motifs is 1. The molecular formula is C26H28ClN5O2S2. The number of aromatic amines is 1. The van der Waals surface area contributed by atoms with E-state index in [-0.39, 0.29) is 0 Å². The molecule has 7 N–H and O–H groups in total. The van der Waals surface area contributed by atoms with Crippen molar-refractivity contribution in [2.75, 3.05) is 12.8 Å². The van der Waals surface area contributed by atoms with Gasteiger partial charge in [-0.25, -0.2) is 0 Å². The summed E-state index contributed by atoms with van der Waals surface area (Å²) in [6.45, 7) is 1.76. The van der Waals surface area contributed by atoms with Crippen LogP contribution in [0.15, 0.2) is 78.1 Å². The second-order valence-corrected chi connectivity index (χ2v) is 9.92. The van der Waals surface area contributed by atoms with Crippen molar-refractivity contribution in [1.82, 2.24) is 15.2 Å². The van der Waals surface area contributed by atoms with Crippen molar-refractivity contribution in [2.24, 2.45) is 5.14 Å². The zero-order valence-electron chi connectivity index (χ0n) is 19.9. The Balaban J connectivity index is 0.000000342. The maximum atomic E-state index is 9.88. The summed E-state index contributed by atoms with van der Waals surface area (Å²) < 4.78 is 1.18. The molecule has 0 spiro atoms. The van der Waals surface area contributed by atoms with Gasteiger partial charge in [-0.2, -0.15) is 5.10 Å². The molecule has 1 unspecified atom stereocenters. The van der Waals surface area contributed by atoms with E-state index in [1.54, 1.807) is 36.9 Å². The molecule has 7 nitrogen and oxygen atoms in total. The molecule has 1 atom stereocenters. The van der Waals surface area contributed by atoms with Gasteiger partial charge in [-0.05, 0) is 71.8 Å². The average Bonchev–Trinajstić information content (AvgIpc) is 3.57. The minimum absolute atomic E-state index is 0.518. The Morgan fingerprint density at radius 1 is 1.14 bits per heavy atom. The highest BCUT2D eigenvalue weighted by atomic mass is 35.5. The highest BCUT2D eigenvalue weighted by molar-refractivity contribution is 7.97. The number of aromatic nitrogens is 3. The van der Waals surface area contributed by atoms with Gasteiger partial charge in [-0.1, -0.05) is 29.8 Å². The van der Waals surface area contributed by atoms with Gasteiger partial charge < -0.3 is 15.9 Å². The molecular weight excluding hydrogens is 514 g/mol. The molecule has 5 aromatic rings. The SMILES string of the molecule is CC(O)c1ccnc(-c2cccc3cc(Cc4cc(N)ccc4Cl)sc23)c1.CO.NSc1cn[nH]c1. The number of halogens is 1. The molecule has 0 bridgehead atoms. The summed E-state index contributed by atoms with van der Waals surface area (Å²) in [6, 6.07) is 17.8. The minimum Gasteiger partial charge on any atom is -0.400 e. The number of benzene rings is 2. The number of nitrogens with zero attached hydrogens (tertiary/aromatic N) is 2. The lowest BCUT2D eigenvalue weighted by Crippen LogP contribution is -1.93. The zero-order chi connectivity index (χ0) is 26.1. The third-order valence-corrected chi connectivity index (χ3v) is 7.23. The number of aliphatic hydroxyl groups is 2. The highest BCUT2D eigenvalue weighted by Gasteiger charge is 2.12. The number of anilines is 1. The zero-order valence-corrected chi connectivity index (χ0v) is 22.2. The van der Waals surface area contributed by atoms with Crippen LogP contribution in [0.1, 0.15) is 29.0 Å². The number of hydrogen-bond acceptors (Lipinski definition) is 8. The van der Waals surface area contributed by atoms with E-state index in [1.807, 2.05) is 36.4 Å². The van der Waals surface area contributed by atoms with Crippen LogP contribution in [0.25, 0.3) is 21.3 Å². The van der Waals surface area contributed by atoms with Crippen molar-refractivity contribution in [3.63, 3.8) is 0 Å². The maximum Gasteiger partial charge on any atom is 0.0763 e. The molecule has 0 radical (unpaired) electrons. The molecule has 10 heteroatoms. The summed E-state index contributed by atoms with van der Waals surface area (Å²) in [5.41, 5.74) is 10.5. The smallest absolute Gasteiger partial charge is 0.0763 e. The van der Waals surface area contributed by atoms with Crippen LogP contribution in [-0.4, -0.2) is 32.5 Å². The van der Waals surface area contributed by atoms with Crippen molar-refractivity contribution >= 4 is 50.7 Å². The van der Waals surface area contributed by atoms with Crippen molar-refractivity contribution in [3.8, 4) is 11.3 Å². The lowest BCUT2D eigenvalue weighted by Gasteiger charge is -2.07. The standard InChI is InChI=1S/C22H19ClN2OS.C3H5N3S.CH4O/c1-13(26)14-7-8-25-21(12-14)19-4-2-3-15-10-18(27-22(15)19)11-16-9-17(24)5-6-20(16)23;4-7-3-1-5-6-2-3;1-2/h2-10,12-13,26H,11,24H2,1H3;1-2H,4H2,(H,5,6);2H,1H3. The summed E-state index contributed by atoms with van der Waals surface area (Å²) in [7, 11) is 1.00. The van der Waals surface area contributed by atoms with Crippen LogP contribution in [0.4, 0.5) is 5.69 Å². The van der Waals surface area contributed by atoms with Gasteiger partial charge in [-0.15, -0.1) is 11.3 Å². The topological polar surface area (TPSA) is 134 Å². The quantitative estimate of drug-likeness (QED) is 0.140. The van der Waals surface area contributed by atoms with Crippen molar-refractivity contribution in [3.05, 3.63) is 94.2 Å². The molecule has 0 saturated heterocycles. The summed E-state index contributed by atoms with van der Waals surface area (Å²) in [6.07, 6.45) is 5.38. The predicted octanol–water partition coefficient (Wildman–Crippen LogP) is 5.83. The van der Waals surface area contributed by atoms with Crippen LogP contribution >= 0.6 is 34.9 Å². The molecule has 0 aliphatic heterocycles. The molecule has 0 aliphatic rings. The van der Waals surface area contributed by atoms with Gasteiger partial charge in [0.2, 0.25) is 0 Å². The van der Waals surface area contributed by atoms with E-state index >= 15 is 0 Å². The van der Waals surface area contributed by atoms with Crippen molar-refractivity contribution in [2.45, 2.75) is 24.3 Å². The van der Waals surface area contributed by atoms with Crippen LogP contribution in [0.3, 0.4) is 0 Å². The van der Waals surface area contributed by atoms with E-state index < -0.39 is 6.10 Å². The first-order valence-corrected chi connectivity index (χ1v) is 13.0. The number of rotatable bonds is 5. The van der Waals surface area contributed by atoms with Crippen molar-refractivity contribution in [1.29, 1.82) is 0 Å². The van der Waals surface area contributed by atoms with Gasteiger partial charge in [0.15, 0.2) is 0 Å². The summed E-state index contributed by atoms with van der Waals surface area (Å²) in [5.74, 6) is 0. The van der Waals surface area contributed by atoms with E-state index in [0.29, 0.717) is 0 Å². The third-order valence-electron chi connectivity index (χ3n) is 5.18. The Bertz CT molecular complexity index is 1390. The van der Waals surface area contributed by atoms with Crippen LogP contribution in [-0.2, 0) is 6.42 Å². The first-order valence-electron chi connectivity index (χ1n) is 10.9. The largest absolute Gasteiger partial charge is 0.400 e. The maximum absolute atomic E-state index is 9.88. The fourth-order valence-electron chi connectivity index (χ4n) is 3.48. The van der Waals surface area contributed by atoms with Gasteiger partial charge >= 0.3 is 0 Å². The van der Waals surface area contributed by atoms with E-state index in [4.69, 9.17) is 27.6 Å². The van der Waals surface area contributed by atoms with Gasteiger partial charge in [0, 0.05) is 51.8 Å². The normalized spacial score (nSPS) is 11.3. The second kappa shape index (κ2) is 13.4. The molecule has 3 heterocycles. The van der Waals surface area contributed by atoms with Gasteiger partial charge in [0.1, 0.15) is 0 Å². The first kappa shape index (κ1) is 27.7. The van der Waals surface area contributed by atoms with Crippen molar-refractivity contribution < 1.29 is 10.2 Å². The molecule has 188 valence electrons. The molecule has 3 aromatic heterocycles. The number of nitrogens with one attached hydrogen (secondary N) is 1. The molecule has 2 aromatic carbocycles. The number of nitrogens with two attached hydrogens (primary N) is 2. The monoisotopic (exact) mass is 541 g/mol. The van der Waals surface area contributed by atoms with E-state index in [2.05, 4.69) is 33.4 Å². The fraction of sp³-hybridized carbons (Fsp3) is 0.154. The number of aliphatic hydroxyl groups excluding tert-OH is 2. The minimum atomic E-state index is -0.518. The fourth-order valence-corrected chi connectivity index (χ4v) is 5.10.